The Labute approximate surface area is 156 Å². The molecule has 0 saturated carbocycles. The van der Waals surface area contributed by atoms with Crippen molar-refractivity contribution in [2.24, 2.45) is 11.8 Å². The molecule has 3 heterocycles. The predicted octanol–water partition coefficient (Wildman–Crippen LogP) is 3.46. The van der Waals surface area contributed by atoms with E-state index in [9.17, 15) is 9.59 Å². The lowest BCUT2D eigenvalue weighted by Crippen LogP contribution is -2.40. The predicted molar refractivity (Wildman–Crippen MR) is 104 cm³/mol. The number of likely N-dealkylation sites (tertiary alicyclic amines) is 1. The van der Waals surface area contributed by atoms with E-state index < -0.39 is 0 Å². The minimum atomic E-state index is 0.00948. The van der Waals surface area contributed by atoms with Gasteiger partial charge in [0.05, 0.1) is 11.3 Å². The summed E-state index contributed by atoms with van der Waals surface area (Å²) in [4.78, 5) is 31.9. The van der Waals surface area contributed by atoms with Crippen molar-refractivity contribution in [2.45, 2.75) is 45.3 Å². The lowest BCUT2D eigenvalue weighted by molar-refractivity contribution is -0.130. The van der Waals surface area contributed by atoms with Crippen molar-refractivity contribution < 1.29 is 4.79 Å². The molecule has 0 aromatic carbocycles. The number of carbonyl (C=O) groups is 1. The van der Waals surface area contributed by atoms with E-state index in [0.29, 0.717) is 34.0 Å². The number of carbonyl (C=O) groups excluding carboxylic acids is 1. The lowest BCUT2D eigenvalue weighted by Gasteiger charge is -2.30. The largest absolute Gasteiger partial charge is 0.342 e. The Bertz CT molecular complexity index is 812. The van der Waals surface area contributed by atoms with E-state index in [1.165, 1.54) is 29.5 Å². The molecular weight excluding hydrogens is 354 g/mol. The zero-order valence-electron chi connectivity index (χ0n) is 15.0. The molecule has 1 unspecified atom stereocenters. The summed E-state index contributed by atoms with van der Waals surface area (Å²) in [6.07, 6.45) is 2.27. The third kappa shape index (κ3) is 4.26. The number of aromatic nitrogens is 2. The van der Waals surface area contributed by atoms with Crippen LogP contribution in [0.1, 0.15) is 33.6 Å². The zero-order valence-corrected chi connectivity index (χ0v) is 16.7. The third-order valence-corrected chi connectivity index (χ3v) is 6.27. The highest BCUT2D eigenvalue weighted by atomic mass is 32.2. The number of thioether (sulfide) groups is 1. The summed E-state index contributed by atoms with van der Waals surface area (Å²) < 4.78 is 2.43. The van der Waals surface area contributed by atoms with Crippen LogP contribution in [0.4, 0.5) is 0 Å². The summed E-state index contributed by atoms with van der Waals surface area (Å²) in [5.41, 5.74) is 0.742. The van der Waals surface area contributed by atoms with Crippen molar-refractivity contribution in [2.75, 3.05) is 18.8 Å². The van der Waals surface area contributed by atoms with E-state index in [1.807, 2.05) is 16.3 Å². The van der Waals surface area contributed by atoms with Crippen LogP contribution in [-0.2, 0) is 11.3 Å². The lowest BCUT2D eigenvalue weighted by atomic mass is 10.0. The van der Waals surface area contributed by atoms with Gasteiger partial charge in [-0.05, 0) is 36.1 Å². The zero-order chi connectivity index (χ0) is 18.0. The quantitative estimate of drug-likeness (QED) is 0.590. The van der Waals surface area contributed by atoms with E-state index >= 15 is 0 Å². The van der Waals surface area contributed by atoms with E-state index in [4.69, 9.17) is 0 Å². The molecule has 5 nitrogen and oxygen atoms in total. The first kappa shape index (κ1) is 18.5. The van der Waals surface area contributed by atoms with Gasteiger partial charge in [-0.2, -0.15) is 0 Å². The van der Waals surface area contributed by atoms with Crippen LogP contribution in [0.3, 0.4) is 0 Å². The third-order valence-electron chi connectivity index (χ3n) is 4.41. The number of amides is 1. The van der Waals surface area contributed by atoms with Crippen LogP contribution in [-0.4, -0.2) is 39.2 Å². The first-order valence-electron chi connectivity index (χ1n) is 8.84. The van der Waals surface area contributed by atoms with Gasteiger partial charge in [0.25, 0.3) is 5.56 Å². The van der Waals surface area contributed by atoms with Crippen LogP contribution in [0.25, 0.3) is 10.2 Å². The van der Waals surface area contributed by atoms with E-state index in [-0.39, 0.29) is 11.5 Å². The fourth-order valence-corrected chi connectivity index (χ4v) is 4.88. The van der Waals surface area contributed by atoms with Gasteiger partial charge in [0.15, 0.2) is 5.16 Å². The number of hydrogen-bond donors (Lipinski definition) is 0. The molecule has 2 aromatic rings. The summed E-state index contributed by atoms with van der Waals surface area (Å²) >= 11 is 2.82. The number of hydrogen-bond acceptors (Lipinski definition) is 5. The van der Waals surface area contributed by atoms with Crippen molar-refractivity contribution in [3.63, 3.8) is 0 Å². The van der Waals surface area contributed by atoms with Gasteiger partial charge in [0.1, 0.15) is 4.70 Å². The fourth-order valence-electron chi connectivity index (χ4n) is 3.19. The summed E-state index contributed by atoms with van der Waals surface area (Å²) in [7, 11) is 0. The number of thiophene rings is 1. The molecule has 0 spiro atoms. The molecule has 1 fully saturated rings. The normalized spacial score (nSPS) is 18.2. The van der Waals surface area contributed by atoms with Gasteiger partial charge in [0, 0.05) is 19.6 Å². The molecule has 1 aliphatic rings. The average molecular weight is 380 g/mol. The summed E-state index contributed by atoms with van der Waals surface area (Å²) in [6, 6.07) is 1.87. The Morgan fingerprint density at radius 1 is 1.48 bits per heavy atom. The second-order valence-corrected chi connectivity index (χ2v) is 9.07. The molecule has 3 rings (SSSR count). The molecule has 1 amide bonds. The maximum Gasteiger partial charge on any atom is 0.272 e. The van der Waals surface area contributed by atoms with Gasteiger partial charge in [-0.1, -0.05) is 32.5 Å². The van der Waals surface area contributed by atoms with Gasteiger partial charge in [-0.15, -0.1) is 11.3 Å². The van der Waals surface area contributed by atoms with Crippen molar-refractivity contribution in [1.29, 1.82) is 0 Å². The first-order valence-corrected chi connectivity index (χ1v) is 10.7. The molecular formula is C18H25N3O2S2. The molecule has 0 N–H and O–H groups in total. The van der Waals surface area contributed by atoms with Crippen LogP contribution >= 0.6 is 23.1 Å². The van der Waals surface area contributed by atoms with Crippen molar-refractivity contribution in [1.82, 2.24) is 14.5 Å². The van der Waals surface area contributed by atoms with E-state index in [2.05, 4.69) is 25.8 Å². The van der Waals surface area contributed by atoms with Gasteiger partial charge < -0.3 is 4.90 Å². The van der Waals surface area contributed by atoms with Crippen LogP contribution in [0.2, 0.25) is 0 Å². The minimum Gasteiger partial charge on any atom is -0.342 e. The number of rotatable bonds is 5. The topological polar surface area (TPSA) is 55.2 Å². The first-order chi connectivity index (χ1) is 12.0. The molecule has 25 heavy (non-hydrogen) atoms. The Morgan fingerprint density at radius 3 is 3.00 bits per heavy atom. The summed E-state index contributed by atoms with van der Waals surface area (Å²) in [5.74, 6) is 1.40. The molecule has 136 valence electrons. The van der Waals surface area contributed by atoms with E-state index in [0.717, 1.165) is 25.0 Å². The molecule has 0 aliphatic carbocycles. The molecule has 2 aromatic heterocycles. The number of nitrogens with zero attached hydrogens (tertiary/aromatic N) is 3. The van der Waals surface area contributed by atoms with Crippen molar-refractivity contribution in [3.8, 4) is 0 Å². The maximum atomic E-state index is 12.8. The molecule has 0 radical (unpaired) electrons. The highest BCUT2D eigenvalue weighted by Crippen LogP contribution is 2.23. The molecule has 1 aliphatic heterocycles. The van der Waals surface area contributed by atoms with Gasteiger partial charge in [-0.3, -0.25) is 14.2 Å². The van der Waals surface area contributed by atoms with Crippen LogP contribution in [0, 0.1) is 11.8 Å². The Balaban J connectivity index is 1.80. The average Bonchev–Trinajstić information content (AvgIpc) is 3.04. The second-order valence-electron chi connectivity index (χ2n) is 7.21. The highest BCUT2D eigenvalue weighted by molar-refractivity contribution is 7.99. The molecule has 0 bridgehead atoms. The van der Waals surface area contributed by atoms with Crippen LogP contribution in [0.5, 0.6) is 0 Å². The van der Waals surface area contributed by atoms with Gasteiger partial charge in [0.2, 0.25) is 5.91 Å². The van der Waals surface area contributed by atoms with Crippen molar-refractivity contribution >= 4 is 39.2 Å². The number of piperidine rings is 1. The summed E-state index contributed by atoms with van der Waals surface area (Å²) in [5, 5.41) is 2.55. The highest BCUT2D eigenvalue weighted by Gasteiger charge is 2.22. The monoisotopic (exact) mass is 379 g/mol. The van der Waals surface area contributed by atoms with Crippen LogP contribution < -0.4 is 5.56 Å². The van der Waals surface area contributed by atoms with Crippen LogP contribution in [0.15, 0.2) is 21.4 Å². The maximum absolute atomic E-state index is 12.8. The Hall–Kier alpha value is -1.34. The number of fused-ring (bicyclic) bond motifs is 1. The standard InChI is InChI=1S/C18H25N3O2S2/c1-12(2)9-21-17(23)16-14(6-8-24-16)19-18(21)25-11-15(22)20-7-4-5-13(3)10-20/h6,8,12-13H,4-5,7,9-11H2,1-3H3. The molecule has 1 saturated heterocycles. The summed E-state index contributed by atoms with van der Waals surface area (Å²) in [6.45, 7) is 8.67. The Kier molecular flexibility index (Phi) is 5.84. The Morgan fingerprint density at radius 2 is 2.28 bits per heavy atom. The fraction of sp³-hybridized carbons (Fsp3) is 0.611. The smallest absolute Gasteiger partial charge is 0.272 e. The molecule has 7 heteroatoms. The second kappa shape index (κ2) is 7.91. The van der Waals surface area contributed by atoms with Gasteiger partial charge in [-0.25, -0.2) is 4.98 Å². The van der Waals surface area contributed by atoms with E-state index in [1.54, 1.807) is 4.57 Å². The SMILES string of the molecule is CC(C)Cn1c(SCC(=O)N2CCCC(C)C2)nc2ccsc2c1=O. The minimum absolute atomic E-state index is 0.00948. The van der Waals surface area contributed by atoms with Gasteiger partial charge >= 0.3 is 0 Å². The molecule has 1 atom stereocenters. The van der Waals surface area contributed by atoms with Crippen molar-refractivity contribution in [3.05, 3.63) is 21.8 Å².